The second-order valence-electron chi connectivity index (χ2n) is 5.80. The molecular weight excluding hydrogens is 254 g/mol. The summed E-state index contributed by atoms with van der Waals surface area (Å²) < 4.78 is 0. The molecule has 4 nitrogen and oxygen atoms in total. The lowest BCUT2D eigenvalue weighted by molar-refractivity contribution is -0.319. The van der Waals surface area contributed by atoms with Gasteiger partial charge in [0.15, 0.2) is 0 Å². The van der Waals surface area contributed by atoms with Gasteiger partial charge in [-0.2, -0.15) is 0 Å². The molecule has 2 rings (SSSR count). The first kappa shape index (κ1) is 14.6. The zero-order chi connectivity index (χ0) is 14.8. The summed E-state index contributed by atoms with van der Waals surface area (Å²) in [5, 5.41) is 14.1. The molecule has 1 N–H and O–H groups in total. The second kappa shape index (κ2) is 5.65. The maximum absolute atomic E-state index is 12.1. The normalized spacial score (nSPS) is 16.9. The minimum Gasteiger partial charge on any atom is -0.550 e. The number of carbonyl (C=O) groups is 2. The summed E-state index contributed by atoms with van der Waals surface area (Å²) in [5.74, 6) is -1.34. The quantitative estimate of drug-likeness (QED) is 0.912. The lowest BCUT2D eigenvalue weighted by atomic mass is 9.82. The van der Waals surface area contributed by atoms with Crippen molar-refractivity contribution >= 4 is 17.6 Å². The fourth-order valence-electron chi connectivity index (χ4n) is 2.84. The molecule has 20 heavy (non-hydrogen) atoms. The zero-order valence-corrected chi connectivity index (χ0v) is 12.0. The molecule has 1 saturated carbocycles. The first-order valence-corrected chi connectivity index (χ1v) is 7.01. The summed E-state index contributed by atoms with van der Waals surface area (Å²) in [5.41, 5.74) is 2.00. The predicted octanol–water partition coefficient (Wildman–Crippen LogP) is 1.94. The van der Waals surface area contributed by atoms with E-state index in [1.165, 1.54) is 0 Å². The highest BCUT2D eigenvalue weighted by Gasteiger charge is 2.37. The fraction of sp³-hybridized carbons (Fsp3) is 0.500. The van der Waals surface area contributed by atoms with Crippen molar-refractivity contribution in [3.8, 4) is 0 Å². The van der Waals surface area contributed by atoms with Gasteiger partial charge < -0.3 is 15.2 Å². The molecule has 0 saturated heterocycles. The molecular formula is C16H20NO3-. The molecule has 1 fully saturated rings. The third kappa shape index (κ3) is 3.00. The van der Waals surface area contributed by atoms with E-state index < -0.39 is 11.4 Å². The van der Waals surface area contributed by atoms with Crippen molar-refractivity contribution in [1.82, 2.24) is 0 Å². The topological polar surface area (TPSA) is 69.2 Å². The summed E-state index contributed by atoms with van der Waals surface area (Å²) in [6, 6.07) is 5.67. The highest BCUT2D eigenvalue weighted by atomic mass is 16.4. The van der Waals surface area contributed by atoms with Crippen molar-refractivity contribution < 1.29 is 14.7 Å². The SMILES string of the molecule is Cc1ccc(NC(=O)CC2(C(=O)[O-])CCCC2)cc1C. The number of rotatable bonds is 4. The van der Waals surface area contributed by atoms with Gasteiger partial charge in [0.25, 0.3) is 0 Å². The number of hydrogen-bond acceptors (Lipinski definition) is 3. The molecule has 0 radical (unpaired) electrons. The molecule has 0 atom stereocenters. The molecule has 1 aliphatic carbocycles. The molecule has 4 heteroatoms. The van der Waals surface area contributed by atoms with Gasteiger partial charge in [-0.1, -0.05) is 18.9 Å². The number of anilines is 1. The van der Waals surface area contributed by atoms with Crippen molar-refractivity contribution in [2.24, 2.45) is 5.41 Å². The van der Waals surface area contributed by atoms with Crippen molar-refractivity contribution in [3.63, 3.8) is 0 Å². The number of benzene rings is 1. The van der Waals surface area contributed by atoms with E-state index in [4.69, 9.17) is 0 Å². The lowest BCUT2D eigenvalue weighted by Gasteiger charge is -2.29. The van der Waals surface area contributed by atoms with Crippen molar-refractivity contribution in [2.75, 3.05) is 5.32 Å². The Morgan fingerprint density at radius 2 is 1.85 bits per heavy atom. The van der Waals surface area contributed by atoms with Gasteiger partial charge in [0.2, 0.25) is 5.91 Å². The van der Waals surface area contributed by atoms with Crippen molar-refractivity contribution in [2.45, 2.75) is 46.0 Å². The average Bonchev–Trinajstić information content (AvgIpc) is 2.83. The number of carbonyl (C=O) groups excluding carboxylic acids is 2. The summed E-state index contributed by atoms with van der Waals surface area (Å²) in [7, 11) is 0. The molecule has 0 spiro atoms. The van der Waals surface area contributed by atoms with Crippen LogP contribution in [-0.4, -0.2) is 11.9 Å². The number of carboxylic acids is 1. The summed E-state index contributed by atoms with van der Waals surface area (Å²) >= 11 is 0. The monoisotopic (exact) mass is 274 g/mol. The molecule has 0 unspecified atom stereocenters. The first-order valence-electron chi connectivity index (χ1n) is 7.01. The van der Waals surface area contributed by atoms with Gasteiger partial charge in [-0.3, -0.25) is 4.79 Å². The minimum atomic E-state index is -1.09. The van der Waals surface area contributed by atoms with E-state index in [9.17, 15) is 14.7 Å². The van der Waals surface area contributed by atoms with E-state index >= 15 is 0 Å². The van der Waals surface area contributed by atoms with E-state index in [0.29, 0.717) is 18.5 Å². The average molecular weight is 274 g/mol. The number of aryl methyl sites for hydroxylation is 2. The molecule has 0 bridgehead atoms. The summed E-state index contributed by atoms with van der Waals surface area (Å²) in [6.07, 6.45) is 2.78. The molecule has 1 aliphatic rings. The van der Waals surface area contributed by atoms with Crippen molar-refractivity contribution in [1.29, 1.82) is 0 Å². The van der Waals surface area contributed by atoms with E-state index in [1.54, 1.807) is 0 Å². The maximum atomic E-state index is 12.1. The third-order valence-electron chi connectivity index (χ3n) is 4.28. The molecule has 0 aliphatic heterocycles. The minimum absolute atomic E-state index is 0.00224. The van der Waals surface area contributed by atoms with Crippen LogP contribution in [0.1, 0.15) is 43.2 Å². The lowest BCUT2D eigenvalue weighted by Crippen LogP contribution is -2.42. The van der Waals surface area contributed by atoms with Crippen LogP contribution in [0, 0.1) is 19.3 Å². The van der Waals surface area contributed by atoms with E-state index in [2.05, 4.69) is 5.32 Å². The van der Waals surface area contributed by atoms with E-state index in [1.807, 2.05) is 32.0 Å². The number of aliphatic carboxylic acids is 1. The van der Waals surface area contributed by atoms with Gasteiger partial charge in [0, 0.05) is 23.5 Å². The van der Waals surface area contributed by atoms with Crippen molar-refractivity contribution in [3.05, 3.63) is 29.3 Å². The van der Waals surface area contributed by atoms with Crippen LogP contribution in [0.15, 0.2) is 18.2 Å². The first-order chi connectivity index (χ1) is 9.43. The maximum Gasteiger partial charge on any atom is 0.225 e. The largest absolute Gasteiger partial charge is 0.550 e. The van der Waals surface area contributed by atoms with E-state index in [-0.39, 0.29) is 12.3 Å². The van der Waals surface area contributed by atoms with Crippen LogP contribution in [0.3, 0.4) is 0 Å². The molecule has 0 heterocycles. The van der Waals surface area contributed by atoms with Crippen LogP contribution < -0.4 is 10.4 Å². The highest BCUT2D eigenvalue weighted by Crippen LogP contribution is 2.40. The molecule has 108 valence electrons. The Morgan fingerprint density at radius 1 is 1.20 bits per heavy atom. The molecule has 0 aromatic heterocycles. The smallest absolute Gasteiger partial charge is 0.225 e. The van der Waals surface area contributed by atoms with Gasteiger partial charge in [0.1, 0.15) is 0 Å². The Kier molecular flexibility index (Phi) is 4.12. The Balaban J connectivity index is 2.04. The van der Waals surface area contributed by atoms with Crippen LogP contribution in [0.2, 0.25) is 0 Å². The third-order valence-corrected chi connectivity index (χ3v) is 4.28. The van der Waals surface area contributed by atoms with Gasteiger partial charge in [-0.25, -0.2) is 0 Å². The Hall–Kier alpha value is -1.84. The Morgan fingerprint density at radius 3 is 2.40 bits per heavy atom. The number of nitrogens with one attached hydrogen (secondary N) is 1. The highest BCUT2D eigenvalue weighted by molar-refractivity contribution is 5.94. The van der Waals surface area contributed by atoms with Gasteiger partial charge in [0.05, 0.1) is 0 Å². The number of carboxylic acid groups (broad SMARTS) is 1. The zero-order valence-electron chi connectivity index (χ0n) is 12.0. The van der Waals surface area contributed by atoms with Crippen LogP contribution in [0.4, 0.5) is 5.69 Å². The Labute approximate surface area is 119 Å². The van der Waals surface area contributed by atoms with Crippen LogP contribution in [0.5, 0.6) is 0 Å². The van der Waals surface area contributed by atoms with Gasteiger partial charge in [-0.05, 0) is 49.9 Å². The number of hydrogen-bond donors (Lipinski definition) is 1. The van der Waals surface area contributed by atoms with Crippen LogP contribution in [0.25, 0.3) is 0 Å². The van der Waals surface area contributed by atoms with Crippen LogP contribution in [-0.2, 0) is 9.59 Å². The molecule has 1 aromatic carbocycles. The van der Waals surface area contributed by atoms with E-state index in [0.717, 1.165) is 24.0 Å². The Bertz CT molecular complexity index is 531. The van der Waals surface area contributed by atoms with Crippen LogP contribution >= 0.6 is 0 Å². The summed E-state index contributed by atoms with van der Waals surface area (Å²) in [6.45, 7) is 3.98. The second-order valence-corrected chi connectivity index (χ2v) is 5.80. The van der Waals surface area contributed by atoms with Gasteiger partial charge in [-0.15, -0.1) is 0 Å². The fourth-order valence-corrected chi connectivity index (χ4v) is 2.84. The predicted molar refractivity (Wildman–Crippen MR) is 75.1 cm³/mol. The number of amides is 1. The molecule has 1 aromatic rings. The van der Waals surface area contributed by atoms with Gasteiger partial charge >= 0.3 is 0 Å². The standard InChI is InChI=1S/C16H21NO3/c1-11-5-6-13(9-12(11)2)17-14(18)10-16(15(19)20)7-3-4-8-16/h5-6,9H,3-4,7-8,10H2,1-2H3,(H,17,18)(H,19,20)/p-1. The summed E-state index contributed by atoms with van der Waals surface area (Å²) in [4.78, 5) is 23.4. The molecule has 1 amide bonds.